The Balaban J connectivity index is 0.000000280. The Kier molecular flexibility index (Phi) is 9.85. The van der Waals surface area contributed by atoms with Crippen molar-refractivity contribution in [2.45, 2.75) is 56.3 Å². The second-order valence-corrected chi connectivity index (χ2v) is 23.6. The van der Waals surface area contributed by atoms with Crippen LogP contribution in [-0.2, 0) is 11.8 Å². The topological polar surface area (TPSA) is 33.6 Å². The van der Waals surface area contributed by atoms with Crippen LogP contribution >= 0.6 is 0 Å². The van der Waals surface area contributed by atoms with Gasteiger partial charge in [-0.25, -0.2) is 4.98 Å². The van der Waals surface area contributed by atoms with Crippen molar-refractivity contribution in [3.05, 3.63) is 269 Å². The molecule has 3 saturated carbocycles. The van der Waals surface area contributed by atoms with Crippen LogP contribution in [0.1, 0.15) is 83.6 Å². The summed E-state index contributed by atoms with van der Waals surface area (Å²) in [4.78, 5) is 9.13. The Morgan fingerprint density at radius 1 is 0.577 bits per heavy atom. The molecule has 0 saturated heterocycles. The van der Waals surface area contributed by atoms with Gasteiger partial charge in [-0.15, -0.1) is 0 Å². The second-order valence-electron chi connectivity index (χ2n) is 23.6. The maximum atomic E-state index is 5.56. The van der Waals surface area contributed by atoms with Crippen LogP contribution in [-0.4, -0.2) is 14.5 Å². The second kappa shape index (κ2) is 17.2. The third kappa shape index (κ3) is 7.06. The van der Waals surface area contributed by atoms with Gasteiger partial charge >= 0.3 is 0 Å². The number of pyridine rings is 1. The Hall–Kier alpha value is -8.53. The fraction of sp³-hybridized carbons (Fsp3) is 0.187. The lowest BCUT2D eigenvalue weighted by Gasteiger charge is -2.44. The lowest BCUT2D eigenvalue weighted by atomic mass is 9.58. The molecule has 3 nitrogen and oxygen atoms in total. The smallest absolute Gasteiger partial charge is 0.0788 e. The van der Waals surface area contributed by atoms with Crippen LogP contribution in [0.5, 0.6) is 0 Å². The lowest BCUT2D eigenvalue weighted by Crippen LogP contribution is -2.35. The van der Waals surface area contributed by atoms with Gasteiger partial charge in [-0.2, -0.15) is 0 Å². The molecule has 3 heteroatoms. The number of aromatic nitrogens is 3. The molecule has 8 aliphatic rings. The first kappa shape index (κ1) is 44.6. The highest BCUT2D eigenvalue weighted by Gasteiger charge is 2.51. The molecular formula is C75H59N3. The van der Waals surface area contributed by atoms with Crippen LogP contribution in [0.15, 0.2) is 230 Å². The number of hydrogen-bond acceptors (Lipinski definition) is 1. The van der Waals surface area contributed by atoms with Gasteiger partial charge in [0.1, 0.15) is 0 Å². The SMILES string of the molecule is C1=CC2CC2C(CC2(c3ccccc3)C3=CC4CC4C=C(C3)c3cc4c(-c5ccc(-c6cccc(-n7c8ccccc8c8ccccc87)c6)cc5)nc5c(c4cc32)C=CCC=C5)=C1.C1=CC2CC2c2c([nH]c3ccccc23)C1. The van der Waals surface area contributed by atoms with Crippen LogP contribution in [0.4, 0.5) is 0 Å². The molecule has 10 aromatic rings. The standard InChI is InChI=1S/C61H46N2.C14H13N/c1-3-16-46(17-4-1)61(37-42-15-11-14-41-34-52(41)42)47-31-44-29-43(44)30-45(32-47)53-35-55-54(36-56(53)61)49-19-5-2-6-22-57(49)62-60(55)39-27-25-38(26-28-39)40-13-12-18-48(33-40)63-58-23-9-7-20-50(58)51-21-8-10-24-59(51)63;1-2-6-12-10(5-1)14-11-8-9(11)4-3-7-13(14)15-12/h1,3-28,30-31,33,35-36,41,43-44,52H,2,29,32,34,37H2;1-6,9,11,15H,7-8H2. The van der Waals surface area contributed by atoms with Crippen molar-refractivity contribution >= 4 is 61.2 Å². The Labute approximate surface area is 456 Å². The summed E-state index contributed by atoms with van der Waals surface area (Å²) >= 11 is 0. The molecule has 0 aliphatic heterocycles. The van der Waals surface area contributed by atoms with E-state index < -0.39 is 0 Å². The van der Waals surface area contributed by atoms with E-state index in [0.717, 1.165) is 54.5 Å². The van der Waals surface area contributed by atoms with Crippen LogP contribution in [0.2, 0.25) is 0 Å². The maximum Gasteiger partial charge on any atom is 0.0788 e. The van der Waals surface area contributed by atoms with E-state index >= 15 is 0 Å². The number of fused-ring (bicyclic) bond motifs is 17. The number of nitrogens with one attached hydrogen (secondary N) is 1. The zero-order valence-electron chi connectivity index (χ0n) is 43.7. The number of nitrogens with zero attached hydrogens (tertiary/aromatic N) is 2. The monoisotopic (exact) mass is 1000 g/mol. The average molecular weight is 1000 g/mol. The summed E-state index contributed by atoms with van der Waals surface area (Å²) in [5.74, 6) is 4.29. The van der Waals surface area contributed by atoms with Gasteiger partial charge in [0.2, 0.25) is 0 Å². The number of hydrogen-bond donors (Lipinski definition) is 1. The molecule has 0 radical (unpaired) electrons. The molecular weight excluding hydrogens is 943 g/mol. The van der Waals surface area contributed by atoms with Gasteiger partial charge in [0, 0.05) is 61.4 Å². The summed E-state index contributed by atoms with van der Waals surface area (Å²) in [6.07, 6.45) is 34.4. The minimum Gasteiger partial charge on any atom is -0.358 e. The molecule has 1 N–H and O–H groups in total. The molecule has 7 aromatic carbocycles. The van der Waals surface area contributed by atoms with Crippen LogP contribution < -0.4 is 0 Å². The summed E-state index contributed by atoms with van der Waals surface area (Å²) in [7, 11) is 0. The number of H-pyrrole nitrogens is 1. The maximum absolute atomic E-state index is 5.56. The molecule has 3 heterocycles. The van der Waals surface area contributed by atoms with Gasteiger partial charge < -0.3 is 9.55 Å². The van der Waals surface area contributed by atoms with Crippen molar-refractivity contribution in [3.8, 4) is 28.1 Å². The number of allylic oxidation sites excluding steroid dienone is 12. The highest BCUT2D eigenvalue weighted by Crippen LogP contribution is 2.62. The predicted molar refractivity (Wildman–Crippen MR) is 325 cm³/mol. The van der Waals surface area contributed by atoms with Crippen molar-refractivity contribution in [2.75, 3.05) is 0 Å². The third-order valence-corrected chi connectivity index (χ3v) is 19.1. The zero-order valence-corrected chi connectivity index (χ0v) is 43.7. The van der Waals surface area contributed by atoms with E-state index in [9.17, 15) is 0 Å². The Morgan fingerprint density at radius 3 is 2.18 bits per heavy atom. The summed E-state index contributed by atoms with van der Waals surface area (Å²) < 4.78 is 2.40. The van der Waals surface area contributed by atoms with Gasteiger partial charge in [-0.1, -0.05) is 193 Å². The van der Waals surface area contributed by atoms with Gasteiger partial charge in [-0.3, -0.25) is 0 Å². The van der Waals surface area contributed by atoms with Gasteiger partial charge in [0.15, 0.2) is 0 Å². The highest BCUT2D eigenvalue weighted by molar-refractivity contribution is 6.09. The molecule has 8 aliphatic carbocycles. The molecule has 0 amide bonds. The summed E-state index contributed by atoms with van der Waals surface area (Å²) in [6.45, 7) is 0. The fourth-order valence-electron chi connectivity index (χ4n) is 15.0. The normalized spacial score (nSPS) is 24.2. The molecule has 0 spiro atoms. The van der Waals surface area contributed by atoms with E-state index in [0.29, 0.717) is 23.7 Å². The van der Waals surface area contributed by atoms with E-state index in [1.54, 1.807) is 16.7 Å². The summed E-state index contributed by atoms with van der Waals surface area (Å²) in [5, 5.41) is 6.54. The lowest BCUT2D eigenvalue weighted by molar-refractivity contribution is 0.552. The average Bonchev–Trinajstić information content (AvgIpc) is 4.52. The summed E-state index contributed by atoms with van der Waals surface area (Å²) in [6, 6.07) is 61.1. The third-order valence-electron chi connectivity index (χ3n) is 19.1. The minimum absolute atomic E-state index is 0.236. The fourth-order valence-corrected chi connectivity index (χ4v) is 15.0. The predicted octanol–water partition coefficient (Wildman–Crippen LogP) is 18.7. The minimum atomic E-state index is -0.236. The molecule has 3 fully saturated rings. The van der Waals surface area contributed by atoms with Crippen molar-refractivity contribution in [1.29, 1.82) is 0 Å². The van der Waals surface area contributed by atoms with Crippen molar-refractivity contribution in [2.24, 2.45) is 29.6 Å². The molecule has 7 atom stereocenters. The van der Waals surface area contributed by atoms with Crippen LogP contribution in [0.25, 0.3) is 89.3 Å². The van der Waals surface area contributed by atoms with Crippen LogP contribution in [0.3, 0.4) is 0 Å². The first-order valence-corrected chi connectivity index (χ1v) is 28.8. The van der Waals surface area contributed by atoms with E-state index in [1.807, 2.05) is 0 Å². The quantitative estimate of drug-likeness (QED) is 0.166. The number of benzene rings is 7. The van der Waals surface area contributed by atoms with Crippen molar-refractivity contribution in [3.63, 3.8) is 0 Å². The van der Waals surface area contributed by atoms with Crippen molar-refractivity contribution < 1.29 is 0 Å². The number of aromatic amines is 1. The van der Waals surface area contributed by atoms with E-state index in [4.69, 9.17) is 4.98 Å². The van der Waals surface area contributed by atoms with Gasteiger partial charge in [-0.05, 0) is 167 Å². The van der Waals surface area contributed by atoms with Crippen LogP contribution in [0, 0.1) is 29.6 Å². The molecule has 3 aromatic heterocycles. The van der Waals surface area contributed by atoms with E-state index in [1.165, 1.54) is 113 Å². The first-order valence-electron chi connectivity index (χ1n) is 28.8. The molecule has 78 heavy (non-hydrogen) atoms. The van der Waals surface area contributed by atoms with Gasteiger partial charge in [0.05, 0.1) is 22.4 Å². The van der Waals surface area contributed by atoms with Crippen molar-refractivity contribution in [1.82, 2.24) is 14.5 Å². The number of para-hydroxylation sites is 3. The highest BCUT2D eigenvalue weighted by atomic mass is 15.0. The molecule has 18 rings (SSSR count). The van der Waals surface area contributed by atoms with E-state index in [2.05, 4.69) is 240 Å². The molecule has 374 valence electrons. The molecule has 7 unspecified atom stereocenters. The Morgan fingerprint density at radius 2 is 1.32 bits per heavy atom. The number of rotatable bonds is 6. The van der Waals surface area contributed by atoms with Gasteiger partial charge in [0.25, 0.3) is 0 Å². The molecule has 2 bridgehead atoms. The summed E-state index contributed by atoms with van der Waals surface area (Å²) in [5.41, 5.74) is 23.7. The van der Waals surface area contributed by atoms with E-state index in [-0.39, 0.29) is 5.41 Å². The zero-order chi connectivity index (χ0) is 51.1. The Bertz CT molecular complexity index is 4340. The largest absolute Gasteiger partial charge is 0.358 e. The first-order chi connectivity index (χ1) is 38.6.